The van der Waals surface area contributed by atoms with Gasteiger partial charge >= 0.3 is 0 Å². The molecule has 0 fully saturated rings. The van der Waals surface area contributed by atoms with Gasteiger partial charge in [-0.05, 0) is 54.8 Å². The molecule has 1 unspecified atom stereocenters. The molecule has 0 aliphatic rings. The lowest BCUT2D eigenvalue weighted by Crippen LogP contribution is -2.23. The van der Waals surface area contributed by atoms with Crippen molar-refractivity contribution in [1.29, 1.82) is 0 Å². The van der Waals surface area contributed by atoms with E-state index in [9.17, 15) is 4.39 Å². The molecule has 0 bridgehead atoms. The molecule has 0 radical (unpaired) electrons. The summed E-state index contributed by atoms with van der Waals surface area (Å²) in [6.45, 7) is 2.97. The number of benzene rings is 2. The van der Waals surface area contributed by atoms with Crippen molar-refractivity contribution in [2.24, 2.45) is 0 Å². The van der Waals surface area contributed by atoms with Gasteiger partial charge in [0.1, 0.15) is 5.82 Å². The van der Waals surface area contributed by atoms with Crippen molar-refractivity contribution < 1.29 is 4.39 Å². The molecule has 1 N–H and O–H groups in total. The van der Waals surface area contributed by atoms with Gasteiger partial charge in [0.15, 0.2) is 0 Å². The molecular formula is C17H19ClFN. The van der Waals surface area contributed by atoms with Crippen LogP contribution in [0, 0.1) is 5.82 Å². The summed E-state index contributed by atoms with van der Waals surface area (Å²) in [7, 11) is 0. The van der Waals surface area contributed by atoms with E-state index in [2.05, 4.69) is 12.2 Å². The number of rotatable bonds is 6. The minimum absolute atomic E-state index is 0.174. The number of hydrogen-bond acceptors (Lipinski definition) is 1. The fourth-order valence-corrected chi connectivity index (χ4v) is 2.40. The average Bonchev–Trinajstić information content (AvgIpc) is 2.45. The molecule has 20 heavy (non-hydrogen) atoms. The highest BCUT2D eigenvalue weighted by Gasteiger charge is 2.08. The second-order valence-electron chi connectivity index (χ2n) is 4.85. The molecule has 1 nitrogen and oxygen atoms in total. The van der Waals surface area contributed by atoms with Crippen molar-refractivity contribution >= 4 is 11.6 Å². The zero-order valence-corrected chi connectivity index (χ0v) is 12.3. The summed E-state index contributed by atoms with van der Waals surface area (Å²) in [6.07, 6.45) is 1.83. The Morgan fingerprint density at radius 3 is 2.55 bits per heavy atom. The smallest absolute Gasteiger partial charge is 0.123 e. The molecule has 0 saturated heterocycles. The van der Waals surface area contributed by atoms with Crippen molar-refractivity contribution in [2.45, 2.75) is 25.8 Å². The van der Waals surface area contributed by atoms with E-state index in [1.54, 1.807) is 12.1 Å². The first kappa shape index (κ1) is 15.0. The molecule has 1 atom stereocenters. The van der Waals surface area contributed by atoms with E-state index < -0.39 is 0 Å². The minimum atomic E-state index is -0.174. The third-order valence-electron chi connectivity index (χ3n) is 3.37. The van der Waals surface area contributed by atoms with Crippen LogP contribution in [0.15, 0.2) is 48.5 Å². The van der Waals surface area contributed by atoms with Crippen molar-refractivity contribution in [2.75, 3.05) is 6.54 Å². The Morgan fingerprint density at radius 1 is 1.15 bits per heavy atom. The van der Waals surface area contributed by atoms with Crippen LogP contribution in [0.1, 0.15) is 30.5 Å². The van der Waals surface area contributed by atoms with Gasteiger partial charge in [-0.25, -0.2) is 4.39 Å². The van der Waals surface area contributed by atoms with Crippen molar-refractivity contribution in [3.8, 4) is 0 Å². The Kier molecular flexibility index (Phi) is 5.57. The normalized spacial score (nSPS) is 12.3. The van der Waals surface area contributed by atoms with Crippen molar-refractivity contribution in [3.05, 3.63) is 70.5 Å². The average molecular weight is 292 g/mol. The number of halogens is 2. The predicted octanol–water partition coefficient (Wildman–Crippen LogP) is 4.76. The highest BCUT2D eigenvalue weighted by atomic mass is 35.5. The molecule has 2 aromatic carbocycles. The zero-order chi connectivity index (χ0) is 14.4. The van der Waals surface area contributed by atoms with E-state index in [1.165, 1.54) is 11.6 Å². The second kappa shape index (κ2) is 7.41. The predicted molar refractivity (Wildman–Crippen MR) is 82.6 cm³/mol. The van der Waals surface area contributed by atoms with E-state index in [0.717, 1.165) is 30.0 Å². The van der Waals surface area contributed by atoms with E-state index in [0.29, 0.717) is 6.04 Å². The molecule has 0 spiro atoms. The van der Waals surface area contributed by atoms with Gasteiger partial charge in [-0.1, -0.05) is 42.8 Å². The van der Waals surface area contributed by atoms with Crippen LogP contribution in [-0.4, -0.2) is 6.54 Å². The van der Waals surface area contributed by atoms with E-state index in [-0.39, 0.29) is 5.82 Å². The lowest BCUT2D eigenvalue weighted by Gasteiger charge is -2.17. The molecule has 2 aromatic rings. The summed E-state index contributed by atoms with van der Waals surface area (Å²) < 4.78 is 13.1. The van der Waals surface area contributed by atoms with Gasteiger partial charge in [0.05, 0.1) is 0 Å². The molecule has 2 rings (SSSR count). The molecule has 106 valence electrons. The first-order valence-electron chi connectivity index (χ1n) is 6.92. The fraction of sp³-hybridized carbons (Fsp3) is 0.294. The van der Waals surface area contributed by atoms with E-state index >= 15 is 0 Å². The molecule has 0 amide bonds. The lowest BCUT2D eigenvalue weighted by atomic mass is 10.0. The standard InChI is InChI=1S/C17H19ClFN/c1-2-17(14-6-8-15(18)9-7-14)20-11-10-13-4-3-5-16(19)12-13/h3-9,12,17,20H,2,10-11H2,1H3. The van der Waals surface area contributed by atoms with Gasteiger partial charge in [0.2, 0.25) is 0 Å². The number of hydrogen-bond donors (Lipinski definition) is 1. The Balaban J connectivity index is 1.89. The van der Waals surface area contributed by atoms with Crippen LogP contribution >= 0.6 is 11.6 Å². The summed E-state index contributed by atoms with van der Waals surface area (Å²) in [5, 5.41) is 4.26. The SMILES string of the molecule is CCC(NCCc1cccc(F)c1)c1ccc(Cl)cc1. The van der Waals surface area contributed by atoms with Crippen LogP contribution in [0.4, 0.5) is 4.39 Å². The Morgan fingerprint density at radius 2 is 1.90 bits per heavy atom. The first-order valence-corrected chi connectivity index (χ1v) is 7.30. The third kappa shape index (κ3) is 4.32. The summed E-state index contributed by atoms with van der Waals surface area (Å²) >= 11 is 5.90. The van der Waals surface area contributed by atoms with Crippen LogP contribution in [0.25, 0.3) is 0 Å². The first-order chi connectivity index (χ1) is 9.69. The molecule has 3 heteroatoms. The molecule has 0 aliphatic heterocycles. The second-order valence-corrected chi connectivity index (χ2v) is 5.28. The Bertz CT molecular complexity index is 539. The molecule has 0 aromatic heterocycles. The quantitative estimate of drug-likeness (QED) is 0.809. The van der Waals surface area contributed by atoms with E-state index in [1.807, 2.05) is 30.3 Å². The minimum Gasteiger partial charge on any atom is -0.310 e. The van der Waals surface area contributed by atoms with Crippen LogP contribution < -0.4 is 5.32 Å². The van der Waals surface area contributed by atoms with Crippen molar-refractivity contribution in [1.82, 2.24) is 5.32 Å². The van der Waals surface area contributed by atoms with Gasteiger partial charge in [0.25, 0.3) is 0 Å². The van der Waals surface area contributed by atoms with Gasteiger partial charge in [-0.3, -0.25) is 0 Å². The van der Waals surface area contributed by atoms with Crippen LogP contribution in [-0.2, 0) is 6.42 Å². The summed E-state index contributed by atoms with van der Waals surface area (Å²) in [5.41, 5.74) is 2.25. The lowest BCUT2D eigenvalue weighted by molar-refractivity contribution is 0.522. The molecule has 0 saturated carbocycles. The third-order valence-corrected chi connectivity index (χ3v) is 3.63. The van der Waals surface area contributed by atoms with Gasteiger partial charge in [-0.15, -0.1) is 0 Å². The van der Waals surface area contributed by atoms with Gasteiger partial charge < -0.3 is 5.32 Å². The highest BCUT2D eigenvalue weighted by Crippen LogP contribution is 2.19. The summed E-state index contributed by atoms with van der Waals surface area (Å²) in [5.74, 6) is -0.174. The summed E-state index contributed by atoms with van der Waals surface area (Å²) in [6, 6.07) is 15.0. The van der Waals surface area contributed by atoms with Crippen LogP contribution in [0.5, 0.6) is 0 Å². The maximum atomic E-state index is 13.1. The van der Waals surface area contributed by atoms with E-state index in [4.69, 9.17) is 11.6 Å². The fourth-order valence-electron chi connectivity index (χ4n) is 2.28. The van der Waals surface area contributed by atoms with Crippen molar-refractivity contribution in [3.63, 3.8) is 0 Å². The molecular weight excluding hydrogens is 273 g/mol. The largest absolute Gasteiger partial charge is 0.310 e. The summed E-state index contributed by atoms with van der Waals surface area (Å²) in [4.78, 5) is 0. The Hall–Kier alpha value is -1.38. The van der Waals surface area contributed by atoms with Crippen LogP contribution in [0.3, 0.4) is 0 Å². The topological polar surface area (TPSA) is 12.0 Å². The number of nitrogens with one attached hydrogen (secondary N) is 1. The molecule has 0 heterocycles. The maximum Gasteiger partial charge on any atom is 0.123 e. The Labute approximate surface area is 124 Å². The monoisotopic (exact) mass is 291 g/mol. The molecule has 0 aliphatic carbocycles. The van der Waals surface area contributed by atoms with Gasteiger partial charge in [0, 0.05) is 11.1 Å². The zero-order valence-electron chi connectivity index (χ0n) is 11.6. The van der Waals surface area contributed by atoms with Gasteiger partial charge in [-0.2, -0.15) is 0 Å². The maximum absolute atomic E-state index is 13.1. The highest BCUT2D eigenvalue weighted by molar-refractivity contribution is 6.30. The van der Waals surface area contributed by atoms with Crippen LogP contribution in [0.2, 0.25) is 5.02 Å².